The number of rotatable bonds is 2. The molecule has 3 heteroatoms. The van der Waals surface area contributed by atoms with E-state index in [1.165, 1.54) is 25.7 Å². The Labute approximate surface area is 105 Å². The zero-order valence-electron chi connectivity index (χ0n) is 11.0. The van der Waals surface area contributed by atoms with Crippen molar-refractivity contribution >= 4 is 5.97 Å². The lowest BCUT2D eigenvalue weighted by Gasteiger charge is -2.18. The van der Waals surface area contributed by atoms with E-state index in [9.17, 15) is 4.79 Å². The van der Waals surface area contributed by atoms with E-state index in [1.807, 2.05) is 0 Å². The molecule has 3 nitrogen and oxygen atoms in total. The summed E-state index contributed by atoms with van der Waals surface area (Å²) >= 11 is 0. The van der Waals surface area contributed by atoms with E-state index in [-0.39, 0.29) is 5.92 Å². The molecule has 1 rings (SSSR count). The predicted molar refractivity (Wildman–Crippen MR) is 68.1 cm³/mol. The van der Waals surface area contributed by atoms with Crippen molar-refractivity contribution in [1.29, 1.82) is 0 Å². The summed E-state index contributed by atoms with van der Waals surface area (Å²) in [5.74, 6) is -0.747. The average Bonchev–Trinajstić information content (AvgIpc) is 2.29. The fraction of sp³-hybridized carbons (Fsp3) is 0.929. The monoisotopic (exact) mass is 242 g/mol. The molecule has 2 unspecified atom stereocenters. The fourth-order valence-electron chi connectivity index (χ4n) is 2.66. The van der Waals surface area contributed by atoms with Gasteiger partial charge in [0, 0.05) is 7.11 Å². The van der Waals surface area contributed by atoms with Crippen LogP contribution in [0.25, 0.3) is 0 Å². The van der Waals surface area contributed by atoms with E-state index in [0.717, 1.165) is 38.5 Å². The summed E-state index contributed by atoms with van der Waals surface area (Å²) in [6, 6.07) is 0. The van der Waals surface area contributed by atoms with Crippen LogP contribution >= 0.6 is 0 Å². The Morgan fingerprint density at radius 2 is 1.47 bits per heavy atom. The van der Waals surface area contributed by atoms with E-state index >= 15 is 0 Å². The van der Waals surface area contributed by atoms with Gasteiger partial charge in [0.1, 0.15) is 0 Å². The van der Waals surface area contributed by atoms with Crippen LogP contribution in [-0.2, 0) is 9.53 Å². The molecule has 0 aliphatic heterocycles. The van der Waals surface area contributed by atoms with Gasteiger partial charge in [-0.15, -0.1) is 0 Å². The highest BCUT2D eigenvalue weighted by molar-refractivity contribution is 5.69. The quantitative estimate of drug-likeness (QED) is 0.804. The van der Waals surface area contributed by atoms with Gasteiger partial charge in [0.2, 0.25) is 0 Å². The van der Waals surface area contributed by atoms with Crippen LogP contribution in [0.5, 0.6) is 0 Å². The first-order valence-corrected chi connectivity index (χ1v) is 6.99. The summed E-state index contributed by atoms with van der Waals surface area (Å²) in [7, 11) is 1.77. The molecule has 0 amide bonds. The molecular formula is C14H26O3. The van der Waals surface area contributed by atoms with Crippen molar-refractivity contribution in [2.45, 2.75) is 70.3 Å². The van der Waals surface area contributed by atoms with Crippen molar-refractivity contribution in [3.05, 3.63) is 0 Å². The molecule has 0 spiro atoms. The smallest absolute Gasteiger partial charge is 0.306 e. The fourth-order valence-corrected chi connectivity index (χ4v) is 2.66. The van der Waals surface area contributed by atoms with Crippen molar-refractivity contribution in [3.63, 3.8) is 0 Å². The van der Waals surface area contributed by atoms with Crippen LogP contribution in [0, 0.1) is 5.92 Å². The van der Waals surface area contributed by atoms with Gasteiger partial charge in [0.05, 0.1) is 12.0 Å². The van der Waals surface area contributed by atoms with Gasteiger partial charge in [-0.3, -0.25) is 4.79 Å². The summed E-state index contributed by atoms with van der Waals surface area (Å²) in [4.78, 5) is 11.1. The Morgan fingerprint density at radius 3 is 2.12 bits per heavy atom. The Hall–Kier alpha value is -0.570. The number of aliphatic carboxylic acids is 1. The lowest BCUT2D eigenvalue weighted by Crippen LogP contribution is -2.16. The highest BCUT2D eigenvalue weighted by Gasteiger charge is 2.18. The van der Waals surface area contributed by atoms with Crippen molar-refractivity contribution < 1.29 is 14.6 Å². The van der Waals surface area contributed by atoms with Crippen LogP contribution in [0.1, 0.15) is 64.2 Å². The maximum Gasteiger partial charge on any atom is 0.306 e. The van der Waals surface area contributed by atoms with Crippen LogP contribution in [0.4, 0.5) is 0 Å². The first-order chi connectivity index (χ1) is 8.24. The summed E-state index contributed by atoms with van der Waals surface area (Å²) < 4.78 is 5.44. The molecule has 1 fully saturated rings. The second-order valence-corrected chi connectivity index (χ2v) is 5.17. The predicted octanol–water partition coefficient (Wildman–Crippen LogP) is 3.62. The molecule has 17 heavy (non-hydrogen) atoms. The second-order valence-electron chi connectivity index (χ2n) is 5.17. The van der Waals surface area contributed by atoms with Gasteiger partial charge in [0.25, 0.3) is 0 Å². The minimum absolute atomic E-state index is 0.132. The van der Waals surface area contributed by atoms with E-state index in [4.69, 9.17) is 9.84 Å². The molecule has 2 atom stereocenters. The summed E-state index contributed by atoms with van der Waals surface area (Å²) in [5, 5.41) is 9.13. The Bertz CT molecular complexity index is 216. The summed E-state index contributed by atoms with van der Waals surface area (Å²) in [5.41, 5.74) is 0. The lowest BCUT2D eigenvalue weighted by molar-refractivity contribution is -0.142. The van der Waals surface area contributed by atoms with Gasteiger partial charge in [-0.25, -0.2) is 0 Å². The van der Waals surface area contributed by atoms with Crippen LogP contribution in [-0.4, -0.2) is 24.3 Å². The van der Waals surface area contributed by atoms with Gasteiger partial charge in [0.15, 0.2) is 0 Å². The number of carboxylic acids is 1. The van der Waals surface area contributed by atoms with E-state index in [0.29, 0.717) is 6.10 Å². The molecule has 0 saturated heterocycles. The van der Waals surface area contributed by atoms with Gasteiger partial charge >= 0.3 is 5.97 Å². The first kappa shape index (κ1) is 14.5. The molecule has 1 aliphatic carbocycles. The highest BCUT2D eigenvalue weighted by Crippen LogP contribution is 2.22. The molecule has 100 valence electrons. The lowest BCUT2D eigenvalue weighted by atomic mass is 9.92. The SMILES string of the molecule is COC1CCCCCCCC(C(=O)O)CCC1. The Kier molecular flexibility index (Phi) is 7.25. The van der Waals surface area contributed by atoms with Gasteiger partial charge in [-0.05, 0) is 25.7 Å². The number of methoxy groups -OCH3 is 1. The molecule has 1 N–H and O–H groups in total. The Morgan fingerprint density at radius 1 is 0.941 bits per heavy atom. The summed E-state index contributed by atoms with van der Waals surface area (Å²) in [6.07, 6.45) is 11.1. The Balaban J connectivity index is 2.41. The molecule has 0 radical (unpaired) electrons. The van der Waals surface area contributed by atoms with Crippen LogP contribution in [0.15, 0.2) is 0 Å². The molecular weight excluding hydrogens is 216 g/mol. The maximum absolute atomic E-state index is 11.1. The number of carbonyl (C=O) groups is 1. The number of hydrogen-bond acceptors (Lipinski definition) is 2. The number of carboxylic acid groups (broad SMARTS) is 1. The largest absolute Gasteiger partial charge is 0.481 e. The van der Waals surface area contributed by atoms with Crippen LogP contribution in [0.2, 0.25) is 0 Å². The van der Waals surface area contributed by atoms with Gasteiger partial charge in [-0.1, -0.05) is 38.5 Å². The highest BCUT2D eigenvalue weighted by atomic mass is 16.5. The van der Waals surface area contributed by atoms with Crippen LogP contribution < -0.4 is 0 Å². The normalized spacial score (nSPS) is 29.0. The van der Waals surface area contributed by atoms with E-state index in [1.54, 1.807) is 7.11 Å². The molecule has 0 aromatic heterocycles. The second kappa shape index (κ2) is 8.51. The topological polar surface area (TPSA) is 46.5 Å². The van der Waals surface area contributed by atoms with E-state index < -0.39 is 5.97 Å². The minimum atomic E-state index is -0.615. The third-order valence-corrected chi connectivity index (χ3v) is 3.84. The average molecular weight is 242 g/mol. The molecule has 0 aromatic carbocycles. The van der Waals surface area contributed by atoms with Crippen molar-refractivity contribution in [2.24, 2.45) is 5.92 Å². The summed E-state index contributed by atoms with van der Waals surface area (Å²) in [6.45, 7) is 0. The zero-order chi connectivity index (χ0) is 12.5. The van der Waals surface area contributed by atoms with Crippen molar-refractivity contribution in [3.8, 4) is 0 Å². The zero-order valence-corrected chi connectivity index (χ0v) is 11.0. The first-order valence-electron chi connectivity index (χ1n) is 6.99. The van der Waals surface area contributed by atoms with Crippen LogP contribution in [0.3, 0.4) is 0 Å². The van der Waals surface area contributed by atoms with Crippen molar-refractivity contribution in [1.82, 2.24) is 0 Å². The van der Waals surface area contributed by atoms with Crippen molar-refractivity contribution in [2.75, 3.05) is 7.11 Å². The number of ether oxygens (including phenoxy) is 1. The molecule has 0 heterocycles. The van der Waals surface area contributed by atoms with Gasteiger partial charge in [-0.2, -0.15) is 0 Å². The molecule has 1 aliphatic rings. The molecule has 0 aromatic rings. The van der Waals surface area contributed by atoms with Gasteiger partial charge < -0.3 is 9.84 Å². The third-order valence-electron chi connectivity index (χ3n) is 3.84. The molecule has 1 saturated carbocycles. The third kappa shape index (κ3) is 6.06. The minimum Gasteiger partial charge on any atom is -0.481 e. The van der Waals surface area contributed by atoms with E-state index in [2.05, 4.69) is 0 Å². The number of hydrogen-bond donors (Lipinski definition) is 1. The maximum atomic E-state index is 11.1. The molecule has 0 bridgehead atoms. The standard InChI is InChI=1S/C14H26O3/c1-17-13-10-6-4-2-3-5-8-12(14(15)16)9-7-11-13/h12-13H,2-11H2,1H3,(H,15,16).